The van der Waals surface area contributed by atoms with Crippen LogP contribution in [0.25, 0.3) is 0 Å². The van der Waals surface area contributed by atoms with Crippen LogP contribution in [-0.2, 0) is 11.3 Å². The van der Waals surface area contributed by atoms with Gasteiger partial charge in [-0.05, 0) is 11.5 Å². The number of ether oxygens (including phenoxy) is 1. The summed E-state index contributed by atoms with van der Waals surface area (Å²) in [6, 6.07) is 1.94. The van der Waals surface area contributed by atoms with Crippen molar-refractivity contribution in [2.24, 2.45) is 0 Å². The van der Waals surface area contributed by atoms with E-state index >= 15 is 0 Å². The Kier molecular flexibility index (Phi) is 2.55. The molecule has 1 aromatic carbocycles. The number of halogens is 4. The fourth-order valence-electron chi connectivity index (χ4n) is 1.45. The van der Waals surface area contributed by atoms with E-state index in [1.807, 2.05) is 0 Å². The molecule has 1 aromatic rings. The zero-order chi connectivity index (χ0) is 11.9. The van der Waals surface area contributed by atoms with Gasteiger partial charge in [0.05, 0.1) is 6.61 Å². The first-order chi connectivity index (χ1) is 7.38. The van der Waals surface area contributed by atoms with Crippen molar-refractivity contribution in [3.8, 4) is 5.75 Å². The second-order valence-electron chi connectivity index (χ2n) is 3.16. The summed E-state index contributed by atoms with van der Waals surface area (Å²) in [5.74, 6) is -2.09. The summed E-state index contributed by atoms with van der Waals surface area (Å²) < 4.78 is 57.3. The highest BCUT2D eigenvalue weighted by Gasteiger charge is 2.36. The Morgan fingerprint density at radius 1 is 1.38 bits per heavy atom. The van der Waals surface area contributed by atoms with Crippen molar-refractivity contribution < 1.29 is 32.0 Å². The lowest BCUT2D eigenvalue weighted by Crippen LogP contribution is -2.28. The van der Waals surface area contributed by atoms with Crippen LogP contribution in [0.5, 0.6) is 5.75 Å². The van der Waals surface area contributed by atoms with E-state index in [-0.39, 0.29) is 17.6 Å². The third kappa shape index (κ3) is 1.98. The molecule has 1 N–H and O–H groups in total. The summed E-state index contributed by atoms with van der Waals surface area (Å²) >= 11 is 0. The molecule has 0 bridgehead atoms. The molecule has 16 heavy (non-hydrogen) atoms. The summed E-state index contributed by atoms with van der Waals surface area (Å²) in [6.45, 7) is -0.280. The SMILES string of the molecule is OB1OCc2c1ccc(OC(F)(F)F)c2F. The summed E-state index contributed by atoms with van der Waals surface area (Å²) in [6.07, 6.45) is -4.95. The van der Waals surface area contributed by atoms with E-state index in [2.05, 4.69) is 9.39 Å². The van der Waals surface area contributed by atoms with E-state index in [4.69, 9.17) is 0 Å². The molecule has 2 rings (SSSR count). The largest absolute Gasteiger partial charge is 0.573 e. The molecule has 0 aliphatic carbocycles. The van der Waals surface area contributed by atoms with Gasteiger partial charge in [0.2, 0.25) is 0 Å². The van der Waals surface area contributed by atoms with Gasteiger partial charge in [0.1, 0.15) is 0 Å². The zero-order valence-corrected chi connectivity index (χ0v) is 7.71. The van der Waals surface area contributed by atoms with Crippen LogP contribution in [0.1, 0.15) is 5.56 Å². The minimum atomic E-state index is -4.95. The van der Waals surface area contributed by atoms with Crippen molar-refractivity contribution in [1.82, 2.24) is 0 Å². The molecule has 1 aliphatic heterocycles. The minimum absolute atomic E-state index is 0.116. The van der Waals surface area contributed by atoms with Crippen LogP contribution in [0.15, 0.2) is 12.1 Å². The highest BCUT2D eigenvalue weighted by atomic mass is 19.4. The van der Waals surface area contributed by atoms with E-state index in [9.17, 15) is 22.6 Å². The fraction of sp³-hybridized carbons (Fsp3) is 0.250. The molecule has 0 saturated carbocycles. The molecule has 0 fully saturated rings. The maximum atomic E-state index is 13.5. The number of hydrogen-bond acceptors (Lipinski definition) is 3. The van der Waals surface area contributed by atoms with E-state index in [0.29, 0.717) is 0 Å². The lowest BCUT2D eigenvalue weighted by atomic mass is 9.79. The first kappa shape index (κ1) is 11.2. The average Bonchev–Trinajstić information content (AvgIpc) is 2.52. The summed E-state index contributed by atoms with van der Waals surface area (Å²) in [7, 11) is -1.30. The smallest absolute Gasteiger partial charge is 0.423 e. The number of hydrogen-bond donors (Lipinski definition) is 1. The monoisotopic (exact) mass is 236 g/mol. The Balaban J connectivity index is 2.37. The molecule has 0 saturated heterocycles. The third-order valence-electron chi connectivity index (χ3n) is 2.12. The molecule has 8 heteroatoms. The molecule has 0 radical (unpaired) electrons. The molecular weight excluding hydrogens is 231 g/mol. The van der Waals surface area contributed by atoms with Crippen molar-refractivity contribution in [2.45, 2.75) is 13.0 Å². The van der Waals surface area contributed by atoms with Gasteiger partial charge >= 0.3 is 13.5 Å². The first-order valence-electron chi connectivity index (χ1n) is 4.25. The van der Waals surface area contributed by atoms with Crippen LogP contribution >= 0.6 is 0 Å². The van der Waals surface area contributed by atoms with Crippen LogP contribution in [0, 0.1) is 5.82 Å². The Hall–Kier alpha value is -1.28. The minimum Gasteiger partial charge on any atom is -0.423 e. The topological polar surface area (TPSA) is 38.7 Å². The van der Waals surface area contributed by atoms with E-state index in [0.717, 1.165) is 12.1 Å². The zero-order valence-electron chi connectivity index (χ0n) is 7.71. The highest BCUT2D eigenvalue weighted by molar-refractivity contribution is 6.61. The highest BCUT2D eigenvalue weighted by Crippen LogP contribution is 2.28. The van der Waals surface area contributed by atoms with Gasteiger partial charge < -0.3 is 14.4 Å². The van der Waals surface area contributed by atoms with Crippen molar-refractivity contribution >= 4 is 12.6 Å². The van der Waals surface area contributed by atoms with Crippen molar-refractivity contribution in [3.63, 3.8) is 0 Å². The van der Waals surface area contributed by atoms with Crippen LogP contribution in [0.2, 0.25) is 0 Å². The number of alkyl halides is 3. The average molecular weight is 236 g/mol. The molecule has 1 aliphatic rings. The molecule has 1 heterocycles. The molecular formula is C8H5BF4O3. The van der Waals surface area contributed by atoms with Crippen molar-refractivity contribution in [3.05, 3.63) is 23.5 Å². The van der Waals surface area contributed by atoms with E-state index in [1.165, 1.54) is 0 Å². The van der Waals surface area contributed by atoms with Gasteiger partial charge in [0, 0.05) is 5.56 Å². The third-order valence-corrected chi connectivity index (χ3v) is 2.12. The van der Waals surface area contributed by atoms with Gasteiger partial charge in [-0.3, -0.25) is 0 Å². The van der Waals surface area contributed by atoms with E-state index < -0.39 is 25.0 Å². The first-order valence-corrected chi connectivity index (χ1v) is 4.25. The predicted octanol–water partition coefficient (Wildman–Crippen LogP) is 0.942. The van der Waals surface area contributed by atoms with Gasteiger partial charge in [-0.15, -0.1) is 13.2 Å². The lowest BCUT2D eigenvalue weighted by Gasteiger charge is -2.11. The number of fused-ring (bicyclic) bond motifs is 1. The molecule has 3 nitrogen and oxygen atoms in total. The summed E-state index contributed by atoms with van der Waals surface area (Å²) in [5, 5.41) is 9.18. The van der Waals surface area contributed by atoms with Gasteiger partial charge in [0.25, 0.3) is 0 Å². The normalized spacial score (nSPS) is 15.2. The molecule has 0 amide bonds. The van der Waals surface area contributed by atoms with Crippen LogP contribution < -0.4 is 10.2 Å². The molecule has 0 aromatic heterocycles. The van der Waals surface area contributed by atoms with Crippen molar-refractivity contribution in [1.29, 1.82) is 0 Å². The Morgan fingerprint density at radius 3 is 2.69 bits per heavy atom. The second-order valence-corrected chi connectivity index (χ2v) is 3.16. The fourth-order valence-corrected chi connectivity index (χ4v) is 1.45. The second kappa shape index (κ2) is 3.64. The number of benzene rings is 1. The number of rotatable bonds is 1. The summed E-state index contributed by atoms with van der Waals surface area (Å²) in [5.41, 5.74) is 0.00118. The Morgan fingerprint density at radius 2 is 2.06 bits per heavy atom. The summed E-state index contributed by atoms with van der Waals surface area (Å²) in [4.78, 5) is 0. The lowest BCUT2D eigenvalue weighted by molar-refractivity contribution is -0.275. The quantitative estimate of drug-likeness (QED) is 0.582. The van der Waals surface area contributed by atoms with Crippen molar-refractivity contribution in [2.75, 3.05) is 0 Å². The standard InChI is InChI=1S/C8H5BF4O3/c10-7-4-3-15-9(14)5(4)1-2-6(7)16-8(11,12)13/h1-2,14H,3H2. The molecule has 86 valence electrons. The van der Waals surface area contributed by atoms with Crippen LogP contribution in [-0.4, -0.2) is 18.5 Å². The van der Waals surface area contributed by atoms with Crippen LogP contribution in [0.4, 0.5) is 17.6 Å². The van der Waals surface area contributed by atoms with Gasteiger partial charge in [-0.1, -0.05) is 6.07 Å². The maximum absolute atomic E-state index is 13.5. The maximum Gasteiger partial charge on any atom is 0.573 e. The van der Waals surface area contributed by atoms with Crippen LogP contribution in [0.3, 0.4) is 0 Å². The molecule has 0 spiro atoms. The molecule has 0 atom stereocenters. The molecule has 0 unspecified atom stereocenters. The van der Waals surface area contributed by atoms with Gasteiger partial charge in [-0.25, -0.2) is 4.39 Å². The van der Waals surface area contributed by atoms with E-state index in [1.54, 1.807) is 0 Å². The predicted molar refractivity (Wildman–Crippen MR) is 45.5 cm³/mol. The van der Waals surface area contributed by atoms with Gasteiger partial charge in [-0.2, -0.15) is 0 Å². The Bertz CT molecular complexity index is 420. The van der Waals surface area contributed by atoms with Gasteiger partial charge in [0.15, 0.2) is 11.6 Å². The Labute approximate surface area is 87.7 Å².